The minimum Gasteiger partial charge on any atom is -0.492 e. The first kappa shape index (κ1) is 17.7. The largest absolute Gasteiger partial charge is 0.492 e. The molecule has 6 nitrogen and oxygen atoms in total. The van der Waals surface area contributed by atoms with Crippen molar-refractivity contribution in [3.05, 3.63) is 24.3 Å². The molecule has 1 saturated carbocycles. The van der Waals surface area contributed by atoms with E-state index in [-0.39, 0.29) is 29.7 Å². The fourth-order valence-corrected chi connectivity index (χ4v) is 3.50. The number of carbonyl (C=O) groups is 2. The molecule has 2 amide bonds. The number of hydrogen-bond acceptors (Lipinski definition) is 4. The predicted molar refractivity (Wildman–Crippen MR) is 96.4 cm³/mol. The number of benzene rings is 1. The van der Waals surface area contributed by atoms with E-state index >= 15 is 0 Å². The molecule has 3 rings (SSSR count). The van der Waals surface area contributed by atoms with Crippen LogP contribution < -0.4 is 20.7 Å². The van der Waals surface area contributed by atoms with Crippen LogP contribution in [0.4, 0.5) is 5.69 Å². The van der Waals surface area contributed by atoms with Crippen LogP contribution >= 0.6 is 0 Å². The van der Waals surface area contributed by atoms with E-state index in [0.717, 1.165) is 18.5 Å². The van der Waals surface area contributed by atoms with E-state index in [1.54, 1.807) is 4.90 Å². The Morgan fingerprint density at radius 3 is 2.76 bits per heavy atom. The third-order valence-electron chi connectivity index (χ3n) is 5.26. The number of nitrogens with one attached hydrogen (secondary N) is 1. The van der Waals surface area contributed by atoms with E-state index in [1.807, 2.05) is 38.1 Å². The summed E-state index contributed by atoms with van der Waals surface area (Å²) >= 11 is 0. The normalized spacial score (nSPS) is 22.6. The summed E-state index contributed by atoms with van der Waals surface area (Å²) in [6.07, 6.45) is 2.43. The van der Waals surface area contributed by atoms with Crippen molar-refractivity contribution in [2.24, 2.45) is 17.6 Å². The summed E-state index contributed by atoms with van der Waals surface area (Å²) in [6, 6.07) is 7.45. The Kier molecular flexibility index (Phi) is 4.99. The van der Waals surface area contributed by atoms with E-state index in [4.69, 9.17) is 10.5 Å². The maximum atomic E-state index is 12.7. The first-order valence-corrected chi connectivity index (χ1v) is 9.02. The molecule has 2 unspecified atom stereocenters. The van der Waals surface area contributed by atoms with Gasteiger partial charge in [-0.25, -0.2) is 0 Å². The average Bonchev–Trinajstić information content (AvgIpc) is 3.39. The molecular formula is C19H27N3O3. The summed E-state index contributed by atoms with van der Waals surface area (Å²) in [6.45, 7) is 5.23. The summed E-state index contributed by atoms with van der Waals surface area (Å²) < 4.78 is 5.62. The first-order valence-electron chi connectivity index (χ1n) is 9.02. The van der Waals surface area contributed by atoms with Gasteiger partial charge in [0.25, 0.3) is 0 Å². The zero-order valence-electron chi connectivity index (χ0n) is 15.0. The molecule has 6 heteroatoms. The Bertz CT molecular complexity index is 659. The Morgan fingerprint density at radius 1 is 1.40 bits per heavy atom. The molecular weight excluding hydrogens is 318 g/mol. The highest BCUT2D eigenvalue weighted by Gasteiger charge is 2.44. The molecule has 0 spiro atoms. The molecule has 3 N–H and O–H groups in total. The van der Waals surface area contributed by atoms with Crippen LogP contribution in [-0.4, -0.2) is 37.0 Å². The number of carbonyl (C=O) groups excluding carboxylic acids is 2. The lowest BCUT2D eigenvalue weighted by Gasteiger charge is -2.30. The molecule has 1 aliphatic carbocycles. The first-order chi connectivity index (χ1) is 12.0. The Labute approximate surface area is 148 Å². The molecule has 25 heavy (non-hydrogen) atoms. The minimum absolute atomic E-state index is 0.0480. The summed E-state index contributed by atoms with van der Waals surface area (Å²) in [7, 11) is 0. The van der Waals surface area contributed by atoms with Crippen LogP contribution in [0.5, 0.6) is 5.75 Å². The molecule has 1 saturated heterocycles. The van der Waals surface area contributed by atoms with Gasteiger partial charge in [0.15, 0.2) is 0 Å². The number of nitrogens with two attached hydrogens (primary N) is 1. The van der Waals surface area contributed by atoms with Crippen LogP contribution in [0.15, 0.2) is 24.3 Å². The summed E-state index contributed by atoms with van der Waals surface area (Å²) in [5, 5.41) is 3.11. The highest BCUT2D eigenvalue weighted by molar-refractivity contribution is 6.01. The van der Waals surface area contributed by atoms with Crippen molar-refractivity contribution in [1.29, 1.82) is 0 Å². The van der Waals surface area contributed by atoms with Gasteiger partial charge in [-0.15, -0.1) is 0 Å². The highest BCUT2D eigenvalue weighted by Crippen LogP contribution is 2.39. The lowest BCUT2D eigenvalue weighted by atomic mass is 9.94. The fourth-order valence-electron chi connectivity index (χ4n) is 3.50. The topological polar surface area (TPSA) is 84.7 Å². The van der Waals surface area contributed by atoms with E-state index in [9.17, 15) is 9.59 Å². The van der Waals surface area contributed by atoms with E-state index < -0.39 is 0 Å². The number of rotatable bonds is 7. The van der Waals surface area contributed by atoms with Crippen molar-refractivity contribution >= 4 is 17.5 Å². The molecule has 2 atom stereocenters. The SMILES string of the molecule is CCOc1ccccc1N1CC(C(=O)NC(C)(CN)C2CC2)CC1=O. The lowest BCUT2D eigenvalue weighted by molar-refractivity contribution is -0.128. The Hall–Kier alpha value is -2.08. The zero-order valence-corrected chi connectivity index (χ0v) is 15.0. The molecule has 1 aromatic carbocycles. The van der Waals surface area contributed by atoms with Crippen molar-refractivity contribution in [3.63, 3.8) is 0 Å². The molecule has 2 aliphatic rings. The zero-order chi connectivity index (χ0) is 18.0. The molecule has 0 bridgehead atoms. The van der Waals surface area contributed by atoms with E-state index in [0.29, 0.717) is 31.4 Å². The third-order valence-corrected chi connectivity index (χ3v) is 5.26. The number of anilines is 1. The smallest absolute Gasteiger partial charge is 0.227 e. The molecule has 1 heterocycles. The van der Waals surface area contributed by atoms with Crippen LogP contribution in [0.1, 0.15) is 33.1 Å². The van der Waals surface area contributed by atoms with Gasteiger partial charge in [-0.1, -0.05) is 12.1 Å². The summed E-state index contributed by atoms with van der Waals surface area (Å²) in [5.41, 5.74) is 6.25. The second-order valence-electron chi connectivity index (χ2n) is 7.19. The third kappa shape index (κ3) is 3.63. The van der Waals surface area contributed by atoms with E-state index in [1.165, 1.54) is 0 Å². The molecule has 1 aromatic rings. The predicted octanol–water partition coefficient (Wildman–Crippen LogP) is 1.68. The number of nitrogens with zero attached hydrogens (tertiary/aromatic N) is 1. The van der Waals surface area contributed by atoms with Crippen LogP contribution in [-0.2, 0) is 9.59 Å². The van der Waals surface area contributed by atoms with Crippen LogP contribution in [0.25, 0.3) is 0 Å². The van der Waals surface area contributed by atoms with Crippen LogP contribution in [0, 0.1) is 11.8 Å². The number of amides is 2. The van der Waals surface area contributed by atoms with Gasteiger partial charge in [0.1, 0.15) is 5.75 Å². The van der Waals surface area contributed by atoms with Crippen molar-refractivity contribution in [2.75, 3.05) is 24.6 Å². The van der Waals surface area contributed by atoms with Gasteiger partial charge in [-0.2, -0.15) is 0 Å². The Balaban J connectivity index is 1.71. The number of para-hydroxylation sites is 2. The van der Waals surface area contributed by atoms with Crippen molar-refractivity contribution in [2.45, 2.75) is 38.6 Å². The minimum atomic E-state index is -0.364. The van der Waals surface area contributed by atoms with Crippen LogP contribution in [0.3, 0.4) is 0 Å². The van der Waals surface area contributed by atoms with E-state index in [2.05, 4.69) is 5.32 Å². The van der Waals surface area contributed by atoms with Gasteiger partial charge in [-0.3, -0.25) is 9.59 Å². The van der Waals surface area contributed by atoms with Gasteiger partial charge in [0, 0.05) is 19.5 Å². The summed E-state index contributed by atoms with van der Waals surface area (Å²) in [4.78, 5) is 26.9. The van der Waals surface area contributed by atoms with Gasteiger partial charge in [0.2, 0.25) is 11.8 Å². The molecule has 0 aromatic heterocycles. The quantitative estimate of drug-likeness (QED) is 0.787. The van der Waals surface area contributed by atoms with Crippen molar-refractivity contribution in [3.8, 4) is 5.75 Å². The molecule has 1 aliphatic heterocycles. The maximum absolute atomic E-state index is 12.7. The van der Waals surface area contributed by atoms with Crippen molar-refractivity contribution in [1.82, 2.24) is 5.32 Å². The maximum Gasteiger partial charge on any atom is 0.227 e. The number of ether oxygens (including phenoxy) is 1. The molecule has 136 valence electrons. The van der Waals surface area contributed by atoms with Crippen LogP contribution in [0.2, 0.25) is 0 Å². The van der Waals surface area contributed by atoms with Gasteiger partial charge < -0.3 is 20.7 Å². The fraction of sp³-hybridized carbons (Fsp3) is 0.579. The van der Waals surface area contributed by atoms with Gasteiger partial charge in [-0.05, 0) is 44.7 Å². The average molecular weight is 345 g/mol. The second-order valence-corrected chi connectivity index (χ2v) is 7.19. The monoisotopic (exact) mass is 345 g/mol. The lowest BCUT2D eigenvalue weighted by Crippen LogP contribution is -2.54. The highest BCUT2D eigenvalue weighted by atomic mass is 16.5. The molecule has 2 fully saturated rings. The molecule has 0 radical (unpaired) electrons. The standard InChI is InChI=1S/C19H27N3O3/c1-3-25-16-7-5-4-6-15(16)22-11-13(10-17(22)23)18(24)21-19(2,12-20)14-8-9-14/h4-7,13-14H,3,8-12,20H2,1-2H3,(H,21,24). The number of hydrogen-bond donors (Lipinski definition) is 2. The summed E-state index contributed by atoms with van der Waals surface area (Å²) in [5.74, 6) is 0.641. The van der Waals surface area contributed by atoms with Gasteiger partial charge >= 0.3 is 0 Å². The van der Waals surface area contributed by atoms with Gasteiger partial charge in [0.05, 0.1) is 23.8 Å². The second kappa shape index (κ2) is 7.04. The Morgan fingerprint density at radius 2 is 2.12 bits per heavy atom. The van der Waals surface area contributed by atoms with Crippen molar-refractivity contribution < 1.29 is 14.3 Å².